The van der Waals surface area contributed by atoms with Gasteiger partial charge in [-0.3, -0.25) is 0 Å². The topological polar surface area (TPSA) is 56.1 Å². The Morgan fingerprint density at radius 3 is 2.17 bits per heavy atom. The fourth-order valence-corrected chi connectivity index (χ4v) is 4.26. The highest BCUT2D eigenvalue weighted by atomic mass is 19.4. The lowest BCUT2D eigenvalue weighted by Crippen LogP contribution is -2.48. The van der Waals surface area contributed by atoms with E-state index in [9.17, 15) is 40.7 Å². The molecule has 36 heavy (non-hydrogen) atoms. The second-order valence-electron chi connectivity index (χ2n) is 8.74. The minimum absolute atomic E-state index is 0.0335. The molecule has 1 fully saturated rings. The summed E-state index contributed by atoms with van der Waals surface area (Å²) in [6.45, 7) is 3.04. The molecule has 1 aliphatic heterocycles. The average Bonchev–Trinajstić information content (AvgIpc) is 2.81. The van der Waals surface area contributed by atoms with E-state index in [4.69, 9.17) is 0 Å². The van der Waals surface area contributed by atoms with Gasteiger partial charge in [0.1, 0.15) is 5.82 Å². The Bertz CT molecular complexity index is 1130. The molecule has 196 valence electrons. The number of piperidine rings is 1. The first-order valence-corrected chi connectivity index (χ1v) is 10.9. The maximum atomic E-state index is 13.7. The number of carbonyl (C=O) groups is 1. The van der Waals surface area contributed by atoms with E-state index in [1.807, 2.05) is 0 Å². The number of carbonyl (C=O) groups excluding carboxylic acids is 1. The van der Waals surface area contributed by atoms with Crippen molar-refractivity contribution in [3.05, 3.63) is 70.0 Å². The van der Waals surface area contributed by atoms with Crippen LogP contribution in [0.15, 0.2) is 41.6 Å². The molecule has 0 aromatic heterocycles. The Hall–Kier alpha value is -3.31. The maximum Gasteiger partial charge on any atom is 0.416 e. The van der Waals surface area contributed by atoms with Crippen molar-refractivity contribution in [2.75, 3.05) is 13.6 Å². The number of amides is 2. The SMILES string of the molecule is Cc1cc(F)ccc1C1CC(=NO)CCN1C(=O)N(C)[C@H](C)c1cc(C(F)(F)F)cc(C(F)(F)F)c1. The Morgan fingerprint density at radius 2 is 1.67 bits per heavy atom. The zero-order chi connectivity index (χ0) is 27.0. The fraction of sp³-hybridized carbons (Fsp3) is 0.417. The van der Waals surface area contributed by atoms with Crippen molar-refractivity contribution in [2.24, 2.45) is 5.16 Å². The first-order valence-electron chi connectivity index (χ1n) is 10.9. The van der Waals surface area contributed by atoms with Gasteiger partial charge < -0.3 is 15.0 Å². The number of likely N-dealkylation sites (tertiary alicyclic amines) is 1. The molecule has 0 radical (unpaired) electrons. The van der Waals surface area contributed by atoms with Crippen molar-refractivity contribution >= 4 is 11.7 Å². The van der Waals surface area contributed by atoms with Crippen LogP contribution in [0.1, 0.15) is 59.7 Å². The third-order valence-corrected chi connectivity index (χ3v) is 6.40. The van der Waals surface area contributed by atoms with E-state index in [-0.39, 0.29) is 31.0 Å². The van der Waals surface area contributed by atoms with Crippen LogP contribution in [0, 0.1) is 12.7 Å². The highest BCUT2D eigenvalue weighted by Crippen LogP contribution is 2.39. The molecule has 2 amide bonds. The zero-order valence-electron chi connectivity index (χ0n) is 19.6. The molecular formula is C24H24F7N3O2. The summed E-state index contributed by atoms with van der Waals surface area (Å²) in [5.74, 6) is -0.489. The van der Waals surface area contributed by atoms with Gasteiger partial charge in [-0.1, -0.05) is 11.2 Å². The van der Waals surface area contributed by atoms with Crippen molar-refractivity contribution in [2.45, 2.75) is 51.1 Å². The number of nitrogens with zero attached hydrogens (tertiary/aromatic N) is 3. The predicted molar refractivity (Wildman–Crippen MR) is 117 cm³/mol. The van der Waals surface area contributed by atoms with Gasteiger partial charge in [-0.2, -0.15) is 26.3 Å². The van der Waals surface area contributed by atoms with Crippen molar-refractivity contribution in [1.29, 1.82) is 0 Å². The highest BCUT2D eigenvalue weighted by Gasteiger charge is 2.39. The van der Waals surface area contributed by atoms with Crippen LogP contribution < -0.4 is 0 Å². The number of oxime groups is 1. The van der Waals surface area contributed by atoms with Gasteiger partial charge in [0.25, 0.3) is 0 Å². The largest absolute Gasteiger partial charge is 0.416 e. The van der Waals surface area contributed by atoms with E-state index in [2.05, 4.69) is 5.16 Å². The maximum absolute atomic E-state index is 13.7. The van der Waals surface area contributed by atoms with Gasteiger partial charge >= 0.3 is 18.4 Å². The fourth-order valence-electron chi connectivity index (χ4n) is 4.26. The molecule has 1 unspecified atom stereocenters. The second-order valence-corrected chi connectivity index (χ2v) is 8.74. The summed E-state index contributed by atoms with van der Waals surface area (Å²) in [4.78, 5) is 15.9. The summed E-state index contributed by atoms with van der Waals surface area (Å²) in [7, 11) is 1.28. The number of benzene rings is 2. The smallest absolute Gasteiger partial charge is 0.411 e. The number of aryl methyl sites for hydroxylation is 1. The van der Waals surface area contributed by atoms with E-state index < -0.39 is 47.4 Å². The van der Waals surface area contributed by atoms with Gasteiger partial charge in [0, 0.05) is 26.4 Å². The van der Waals surface area contributed by atoms with Crippen LogP contribution in [0.25, 0.3) is 0 Å². The Morgan fingerprint density at radius 1 is 1.08 bits per heavy atom. The van der Waals surface area contributed by atoms with Gasteiger partial charge in [-0.15, -0.1) is 0 Å². The van der Waals surface area contributed by atoms with Gasteiger partial charge in [-0.25, -0.2) is 9.18 Å². The summed E-state index contributed by atoms with van der Waals surface area (Å²) >= 11 is 0. The molecule has 5 nitrogen and oxygen atoms in total. The first-order chi connectivity index (χ1) is 16.6. The standard InChI is InChI=1S/C24H24F7N3O2/c1-13-8-18(25)4-5-20(13)21-12-19(32-36)6-7-34(21)22(35)33(3)14(2)15-9-16(23(26,27)28)11-17(10-15)24(29,30)31/h4-5,8-11,14,21,36H,6-7,12H2,1-3H3/t14-,21?/m1/s1. The number of alkyl halides is 6. The molecule has 0 saturated carbocycles. The molecular weight excluding hydrogens is 495 g/mol. The quantitative estimate of drug-likeness (QED) is 0.271. The molecule has 1 N–H and O–H groups in total. The van der Waals surface area contributed by atoms with Crippen molar-refractivity contribution in [3.63, 3.8) is 0 Å². The molecule has 12 heteroatoms. The molecule has 1 saturated heterocycles. The van der Waals surface area contributed by atoms with Crippen molar-refractivity contribution in [3.8, 4) is 0 Å². The summed E-state index contributed by atoms with van der Waals surface area (Å²) in [5, 5.41) is 12.5. The van der Waals surface area contributed by atoms with Gasteiger partial charge in [0.05, 0.1) is 28.9 Å². The summed E-state index contributed by atoms with van der Waals surface area (Å²) in [6, 6.07) is 2.71. The second kappa shape index (κ2) is 9.98. The lowest BCUT2D eigenvalue weighted by atomic mass is 9.91. The Labute approximate surface area is 202 Å². The number of hydrogen-bond acceptors (Lipinski definition) is 3. The zero-order valence-corrected chi connectivity index (χ0v) is 19.6. The van der Waals surface area contributed by atoms with Crippen molar-refractivity contribution < 1.29 is 40.7 Å². The lowest BCUT2D eigenvalue weighted by Gasteiger charge is -2.40. The van der Waals surface area contributed by atoms with Crippen LogP contribution in [-0.2, 0) is 12.4 Å². The molecule has 2 atom stereocenters. The van der Waals surface area contributed by atoms with E-state index in [1.54, 1.807) is 6.92 Å². The Kier molecular flexibility index (Phi) is 7.56. The summed E-state index contributed by atoms with van der Waals surface area (Å²) in [5.41, 5.74) is -1.78. The van der Waals surface area contributed by atoms with Gasteiger partial charge in [0.15, 0.2) is 0 Å². The number of hydrogen-bond donors (Lipinski definition) is 1. The van der Waals surface area contributed by atoms with Crippen LogP contribution in [0.5, 0.6) is 0 Å². The molecule has 1 aliphatic rings. The average molecular weight is 519 g/mol. The van der Waals surface area contributed by atoms with E-state index >= 15 is 0 Å². The highest BCUT2D eigenvalue weighted by molar-refractivity contribution is 5.88. The van der Waals surface area contributed by atoms with E-state index in [1.165, 1.54) is 37.1 Å². The van der Waals surface area contributed by atoms with Crippen LogP contribution in [0.2, 0.25) is 0 Å². The normalized spacial score (nSPS) is 18.9. The molecule has 1 heterocycles. The third-order valence-electron chi connectivity index (χ3n) is 6.40. The van der Waals surface area contributed by atoms with E-state index in [0.29, 0.717) is 29.0 Å². The van der Waals surface area contributed by atoms with Crippen LogP contribution in [0.4, 0.5) is 35.5 Å². The van der Waals surface area contributed by atoms with E-state index in [0.717, 1.165) is 4.90 Å². The first kappa shape index (κ1) is 27.3. The molecule has 2 aromatic rings. The minimum Gasteiger partial charge on any atom is -0.411 e. The third kappa shape index (κ3) is 5.73. The molecule has 0 bridgehead atoms. The number of rotatable bonds is 3. The molecule has 3 rings (SSSR count). The van der Waals surface area contributed by atoms with Crippen LogP contribution in [-0.4, -0.2) is 40.3 Å². The number of halogens is 7. The summed E-state index contributed by atoms with van der Waals surface area (Å²) < 4.78 is 93.5. The monoisotopic (exact) mass is 519 g/mol. The van der Waals surface area contributed by atoms with Gasteiger partial charge in [-0.05, 0) is 60.9 Å². The van der Waals surface area contributed by atoms with Crippen molar-refractivity contribution in [1.82, 2.24) is 9.80 Å². The predicted octanol–water partition coefficient (Wildman–Crippen LogP) is 6.95. The van der Waals surface area contributed by atoms with Crippen LogP contribution >= 0.6 is 0 Å². The molecule has 2 aromatic carbocycles. The number of urea groups is 1. The minimum atomic E-state index is -5.02. The Balaban J connectivity index is 1.98. The molecule has 0 spiro atoms. The summed E-state index contributed by atoms with van der Waals surface area (Å²) in [6.07, 6.45) is -9.70. The van der Waals surface area contributed by atoms with Gasteiger partial charge in [0.2, 0.25) is 0 Å². The van der Waals surface area contributed by atoms with Crippen LogP contribution in [0.3, 0.4) is 0 Å². The lowest BCUT2D eigenvalue weighted by molar-refractivity contribution is -0.143. The molecule has 0 aliphatic carbocycles.